The topological polar surface area (TPSA) is 60.7 Å². The molecular formula is C32H52O3. The maximum absolute atomic E-state index is 9.72. The molecule has 0 aromatic heterocycles. The van der Waals surface area contributed by atoms with Gasteiger partial charge in [-0.05, 0) is 43.6 Å². The zero-order valence-corrected chi connectivity index (χ0v) is 22.3. The van der Waals surface area contributed by atoms with Crippen molar-refractivity contribution >= 4 is 0 Å². The number of unbranched alkanes of at least 4 members (excludes halogenated alkanes) is 19. The Hall–Kier alpha value is -1.70. The zero-order chi connectivity index (χ0) is 25.7. The lowest BCUT2D eigenvalue weighted by Gasteiger charge is -2.05. The van der Waals surface area contributed by atoms with E-state index in [1.54, 1.807) is 6.08 Å². The number of hydrogen-bond acceptors (Lipinski definition) is 3. The molecule has 0 aliphatic rings. The Bertz CT molecular complexity index is 638. The van der Waals surface area contributed by atoms with Crippen molar-refractivity contribution in [3.63, 3.8) is 0 Å². The van der Waals surface area contributed by atoms with E-state index in [1.807, 2.05) is 6.08 Å². The van der Waals surface area contributed by atoms with Crippen molar-refractivity contribution in [2.45, 2.75) is 147 Å². The van der Waals surface area contributed by atoms with Gasteiger partial charge in [0.15, 0.2) is 0 Å². The van der Waals surface area contributed by atoms with Crippen LogP contribution in [0, 0.1) is 36.0 Å². The van der Waals surface area contributed by atoms with E-state index in [0.717, 1.165) is 19.3 Å². The second-order valence-electron chi connectivity index (χ2n) is 9.58. The van der Waals surface area contributed by atoms with E-state index in [9.17, 15) is 10.2 Å². The highest BCUT2D eigenvalue weighted by Crippen LogP contribution is 2.15. The maximum Gasteiger partial charge on any atom is 0.133 e. The molecule has 198 valence electrons. The van der Waals surface area contributed by atoms with Crippen molar-refractivity contribution < 1.29 is 15.3 Å². The van der Waals surface area contributed by atoms with Crippen LogP contribution < -0.4 is 0 Å². The van der Waals surface area contributed by atoms with Gasteiger partial charge >= 0.3 is 0 Å². The summed E-state index contributed by atoms with van der Waals surface area (Å²) in [6.07, 6.45) is 34.4. The smallest absolute Gasteiger partial charge is 0.133 e. The molecule has 0 aliphatic carbocycles. The number of aliphatic hydroxyl groups is 3. The Kier molecular flexibility index (Phi) is 27.2. The van der Waals surface area contributed by atoms with Crippen LogP contribution in [0.25, 0.3) is 0 Å². The van der Waals surface area contributed by atoms with Crippen LogP contribution >= 0.6 is 0 Å². The fourth-order valence-electron chi connectivity index (χ4n) is 4.16. The fraction of sp³-hybridized carbons (Fsp3) is 0.750. The first kappa shape index (κ1) is 33.3. The molecule has 0 saturated heterocycles. The molecule has 35 heavy (non-hydrogen) atoms. The Labute approximate surface area is 217 Å². The largest absolute Gasteiger partial charge is 0.384 e. The van der Waals surface area contributed by atoms with Gasteiger partial charge in [-0.2, -0.15) is 0 Å². The summed E-state index contributed by atoms with van der Waals surface area (Å²) < 4.78 is 0. The summed E-state index contributed by atoms with van der Waals surface area (Å²) in [4.78, 5) is 0. The third kappa shape index (κ3) is 28.4. The van der Waals surface area contributed by atoms with Crippen LogP contribution in [-0.4, -0.2) is 34.1 Å². The predicted molar refractivity (Wildman–Crippen MR) is 150 cm³/mol. The van der Waals surface area contributed by atoms with E-state index in [2.05, 4.69) is 29.6 Å². The van der Waals surface area contributed by atoms with Gasteiger partial charge in [0.1, 0.15) is 18.8 Å². The van der Waals surface area contributed by atoms with E-state index < -0.39 is 12.2 Å². The second kappa shape index (κ2) is 28.5. The monoisotopic (exact) mass is 484 g/mol. The lowest BCUT2D eigenvalue weighted by atomic mass is 10.0. The van der Waals surface area contributed by atoms with Crippen LogP contribution in [0.4, 0.5) is 0 Å². The molecule has 0 aromatic carbocycles. The number of allylic oxidation sites excluding steroid dienone is 1. The lowest BCUT2D eigenvalue weighted by molar-refractivity contribution is 0.217. The molecule has 0 spiro atoms. The first-order valence-electron chi connectivity index (χ1n) is 14.3. The first-order valence-corrected chi connectivity index (χ1v) is 14.3. The van der Waals surface area contributed by atoms with E-state index in [-0.39, 0.29) is 6.61 Å². The number of terminal acetylenes is 1. The molecule has 0 heterocycles. The van der Waals surface area contributed by atoms with Crippen molar-refractivity contribution in [2.24, 2.45) is 0 Å². The van der Waals surface area contributed by atoms with Gasteiger partial charge in [0, 0.05) is 0 Å². The summed E-state index contributed by atoms with van der Waals surface area (Å²) in [5.41, 5.74) is 0. The standard InChI is InChI=1S/C32H52O3/c1-2-31(34)27-23-20-18-16-14-12-10-8-6-4-3-5-7-9-11-13-15-17-19-21-24-28-32(35)29-25-22-26-30-33/h1,23,27,31-35H,3-21,24,28,30H2/b27-23+/t31-,32-/m0/s1. The summed E-state index contributed by atoms with van der Waals surface area (Å²) >= 11 is 0. The third-order valence-corrected chi connectivity index (χ3v) is 6.31. The molecular weight excluding hydrogens is 432 g/mol. The van der Waals surface area contributed by atoms with Crippen LogP contribution in [0.5, 0.6) is 0 Å². The molecule has 0 aromatic rings. The Morgan fingerprint density at radius 3 is 1.46 bits per heavy atom. The molecule has 0 saturated carbocycles. The first-order chi connectivity index (χ1) is 17.2. The van der Waals surface area contributed by atoms with Gasteiger partial charge in [0.2, 0.25) is 0 Å². The Morgan fingerprint density at radius 1 is 0.600 bits per heavy atom. The van der Waals surface area contributed by atoms with Gasteiger partial charge in [-0.1, -0.05) is 133 Å². The van der Waals surface area contributed by atoms with Crippen molar-refractivity contribution in [2.75, 3.05) is 6.61 Å². The van der Waals surface area contributed by atoms with E-state index in [0.29, 0.717) is 6.42 Å². The minimum Gasteiger partial charge on any atom is -0.384 e. The van der Waals surface area contributed by atoms with Gasteiger partial charge in [-0.25, -0.2) is 0 Å². The highest BCUT2D eigenvalue weighted by atomic mass is 16.3. The van der Waals surface area contributed by atoms with Gasteiger partial charge in [-0.15, -0.1) is 6.42 Å². The van der Waals surface area contributed by atoms with Gasteiger partial charge < -0.3 is 15.3 Å². The molecule has 0 unspecified atom stereocenters. The van der Waals surface area contributed by atoms with Gasteiger partial charge in [0.25, 0.3) is 0 Å². The molecule has 0 amide bonds. The minimum absolute atomic E-state index is 0.185. The average Bonchev–Trinajstić information content (AvgIpc) is 2.86. The summed E-state index contributed by atoms with van der Waals surface area (Å²) in [6.45, 7) is -0.185. The van der Waals surface area contributed by atoms with Crippen molar-refractivity contribution in [3.8, 4) is 36.0 Å². The predicted octanol–water partition coefficient (Wildman–Crippen LogP) is 7.09. The molecule has 0 fully saturated rings. The maximum atomic E-state index is 9.72. The molecule has 3 heteroatoms. The summed E-state index contributed by atoms with van der Waals surface area (Å²) in [5.74, 6) is 12.5. The van der Waals surface area contributed by atoms with Crippen LogP contribution in [0.3, 0.4) is 0 Å². The number of hydrogen-bond donors (Lipinski definition) is 3. The SMILES string of the molecule is C#C[C@H](O)/C=C/CCCCCCCCCCCCCCCCCCCCC[C@H](O)C#CC#CCO. The summed E-state index contributed by atoms with van der Waals surface area (Å²) in [6, 6.07) is 0. The van der Waals surface area contributed by atoms with Crippen LogP contribution in [-0.2, 0) is 0 Å². The van der Waals surface area contributed by atoms with E-state index in [4.69, 9.17) is 11.5 Å². The zero-order valence-electron chi connectivity index (χ0n) is 22.3. The number of aliphatic hydroxyl groups excluding tert-OH is 3. The molecule has 0 bridgehead atoms. The fourth-order valence-corrected chi connectivity index (χ4v) is 4.16. The normalized spacial score (nSPS) is 12.4. The molecule has 0 radical (unpaired) electrons. The highest BCUT2D eigenvalue weighted by Gasteiger charge is 1.99. The number of rotatable bonds is 23. The average molecular weight is 485 g/mol. The van der Waals surface area contributed by atoms with Crippen molar-refractivity contribution in [3.05, 3.63) is 12.2 Å². The summed E-state index contributed by atoms with van der Waals surface area (Å²) in [7, 11) is 0. The molecule has 3 nitrogen and oxygen atoms in total. The lowest BCUT2D eigenvalue weighted by Crippen LogP contribution is -2.01. The quantitative estimate of drug-likeness (QED) is 0.0824. The molecule has 0 aliphatic heterocycles. The van der Waals surface area contributed by atoms with Crippen LogP contribution in [0.2, 0.25) is 0 Å². The molecule has 3 N–H and O–H groups in total. The van der Waals surface area contributed by atoms with Crippen LogP contribution in [0.15, 0.2) is 12.2 Å². The van der Waals surface area contributed by atoms with Gasteiger partial charge in [0.05, 0.1) is 0 Å². The van der Waals surface area contributed by atoms with E-state index in [1.165, 1.54) is 109 Å². The van der Waals surface area contributed by atoms with E-state index >= 15 is 0 Å². The highest BCUT2D eigenvalue weighted by molar-refractivity contribution is 5.27. The molecule has 0 rings (SSSR count). The van der Waals surface area contributed by atoms with Gasteiger partial charge in [-0.3, -0.25) is 0 Å². The minimum atomic E-state index is -0.721. The Morgan fingerprint density at radius 2 is 1.03 bits per heavy atom. The van der Waals surface area contributed by atoms with Crippen molar-refractivity contribution in [1.29, 1.82) is 0 Å². The molecule has 2 atom stereocenters. The van der Waals surface area contributed by atoms with Crippen molar-refractivity contribution in [1.82, 2.24) is 0 Å². The second-order valence-corrected chi connectivity index (χ2v) is 9.58. The third-order valence-electron chi connectivity index (χ3n) is 6.31. The summed E-state index contributed by atoms with van der Waals surface area (Å²) in [5, 5.41) is 27.5. The Balaban J connectivity index is 3.19. The van der Waals surface area contributed by atoms with Crippen LogP contribution in [0.1, 0.15) is 135 Å².